The van der Waals surface area contributed by atoms with Gasteiger partial charge in [-0.1, -0.05) is 35.5 Å². The second-order valence-corrected chi connectivity index (χ2v) is 8.30. The molecule has 0 spiro atoms. The molecule has 3 heterocycles. The van der Waals surface area contributed by atoms with Crippen LogP contribution in [-0.2, 0) is 20.7 Å². The number of aromatic nitrogens is 2. The summed E-state index contributed by atoms with van der Waals surface area (Å²) in [6.45, 7) is 6.04. The lowest BCUT2D eigenvalue weighted by molar-refractivity contribution is -0.138. The third kappa shape index (κ3) is 6.14. The minimum absolute atomic E-state index is 0.0153. The van der Waals surface area contributed by atoms with E-state index in [0.717, 1.165) is 44.8 Å². The molecular formula is C23H31N5O4. The summed E-state index contributed by atoms with van der Waals surface area (Å²) in [4.78, 5) is 33.5. The number of ether oxygens (including phenoxy) is 1. The highest BCUT2D eigenvalue weighted by Gasteiger charge is 2.30. The largest absolute Gasteiger partial charge is 0.379 e. The topological polar surface area (TPSA) is 101 Å². The number of amides is 2. The quantitative estimate of drug-likeness (QED) is 0.627. The van der Waals surface area contributed by atoms with Crippen LogP contribution in [0.4, 0.5) is 0 Å². The second kappa shape index (κ2) is 11.2. The van der Waals surface area contributed by atoms with Crippen LogP contribution in [0.15, 0.2) is 34.9 Å². The summed E-state index contributed by atoms with van der Waals surface area (Å²) in [5, 5.41) is 6.97. The number of nitrogens with one attached hydrogen (secondary N) is 1. The van der Waals surface area contributed by atoms with Crippen molar-refractivity contribution in [2.45, 2.75) is 25.7 Å². The first-order chi connectivity index (χ1) is 15.7. The summed E-state index contributed by atoms with van der Waals surface area (Å²) >= 11 is 0. The summed E-state index contributed by atoms with van der Waals surface area (Å²) < 4.78 is 10.7. The van der Waals surface area contributed by atoms with Gasteiger partial charge >= 0.3 is 0 Å². The van der Waals surface area contributed by atoms with E-state index in [0.29, 0.717) is 50.6 Å². The van der Waals surface area contributed by atoms with Crippen LogP contribution in [0.1, 0.15) is 25.2 Å². The van der Waals surface area contributed by atoms with Crippen molar-refractivity contribution in [3.05, 3.63) is 36.2 Å². The number of morpholine rings is 1. The Kier molecular flexibility index (Phi) is 7.84. The predicted octanol–water partition coefficient (Wildman–Crippen LogP) is 1.36. The van der Waals surface area contributed by atoms with Crippen molar-refractivity contribution in [2.24, 2.45) is 5.92 Å². The van der Waals surface area contributed by atoms with Crippen LogP contribution >= 0.6 is 0 Å². The minimum Gasteiger partial charge on any atom is -0.379 e. The molecule has 0 radical (unpaired) electrons. The zero-order valence-corrected chi connectivity index (χ0v) is 18.4. The molecule has 0 aliphatic carbocycles. The number of carbonyl (C=O) groups is 2. The van der Waals surface area contributed by atoms with Gasteiger partial charge in [-0.2, -0.15) is 4.98 Å². The van der Waals surface area contributed by atoms with Crippen molar-refractivity contribution >= 4 is 11.8 Å². The Labute approximate surface area is 188 Å². The number of nitrogens with zero attached hydrogens (tertiary/aromatic N) is 4. The van der Waals surface area contributed by atoms with Gasteiger partial charge < -0.3 is 19.5 Å². The van der Waals surface area contributed by atoms with Crippen LogP contribution in [0, 0.1) is 5.92 Å². The van der Waals surface area contributed by atoms with Gasteiger partial charge in [0.25, 0.3) is 0 Å². The Morgan fingerprint density at radius 1 is 1.16 bits per heavy atom. The minimum atomic E-state index is -0.168. The molecule has 2 fully saturated rings. The first kappa shape index (κ1) is 22.4. The highest BCUT2D eigenvalue weighted by atomic mass is 16.5. The molecule has 9 heteroatoms. The number of hydrogen-bond acceptors (Lipinski definition) is 7. The summed E-state index contributed by atoms with van der Waals surface area (Å²) in [7, 11) is 0. The van der Waals surface area contributed by atoms with E-state index < -0.39 is 0 Å². The summed E-state index contributed by atoms with van der Waals surface area (Å²) in [5.41, 5.74) is 0.895. The van der Waals surface area contributed by atoms with Crippen LogP contribution < -0.4 is 5.32 Å². The predicted molar refractivity (Wildman–Crippen MR) is 118 cm³/mol. The van der Waals surface area contributed by atoms with Crippen LogP contribution in [0.5, 0.6) is 0 Å². The SMILES string of the molecule is O=C(NCCc1nc(-c2ccccc2)no1)[C@H]1CCC(=O)N(CCCN2CCOCC2)C1. The van der Waals surface area contributed by atoms with Gasteiger partial charge in [-0.3, -0.25) is 14.5 Å². The molecule has 32 heavy (non-hydrogen) atoms. The standard InChI is InChI=1S/C23H31N5O4/c29-21-8-7-19(17-28(21)12-4-11-27-13-15-31-16-14-27)23(30)24-10-9-20-25-22(26-32-20)18-5-2-1-3-6-18/h1-3,5-6,19H,4,7-17H2,(H,24,30)/t19-/m0/s1. The Bertz CT molecular complexity index is 882. The molecule has 1 atom stereocenters. The van der Waals surface area contributed by atoms with Gasteiger partial charge in [-0.15, -0.1) is 0 Å². The van der Waals surface area contributed by atoms with E-state index >= 15 is 0 Å². The molecule has 2 aliphatic heterocycles. The van der Waals surface area contributed by atoms with E-state index in [2.05, 4.69) is 20.4 Å². The van der Waals surface area contributed by atoms with Crippen molar-refractivity contribution in [3.8, 4) is 11.4 Å². The maximum absolute atomic E-state index is 12.7. The number of carbonyl (C=O) groups excluding carboxylic acids is 2. The number of likely N-dealkylation sites (tertiary alicyclic amines) is 1. The first-order valence-electron chi connectivity index (χ1n) is 11.4. The average Bonchev–Trinajstić information content (AvgIpc) is 3.30. The van der Waals surface area contributed by atoms with E-state index in [1.807, 2.05) is 35.2 Å². The molecule has 1 N–H and O–H groups in total. The molecule has 172 valence electrons. The third-order valence-electron chi connectivity index (χ3n) is 6.02. The lowest BCUT2D eigenvalue weighted by atomic mass is 9.96. The van der Waals surface area contributed by atoms with Gasteiger partial charge in [-0.25, -0.2) is 0 Å². The van der Waals surface area contributed by atoms with Crippen molar-refractivity contribution in [2.75, 3.05) is 52.5 Å². The molecule has 0 unspecified atom stereocenters. The van der Waals surface area contributed by atoms with E-state index in [4.69, 9.17) is 9.26 Å². The lowest BCUT2D eigenvalue weighted by Crippen LogP contribution is -2.47. The second-order valence-electron chi connectivity index (χ2n) is 8.30. The van der Waals surface area contributed by atoms with Crippen molar-refractivity contribution in [1.82, 2.24) is 25.3 Å². The van der Waals surface area contributed by atoms with Crippen LogP contribution in [0.2, 0.25) is 0 Å². The fraction of sp³-hybridized carbons (Fsp3) is 0.565. The Morgan fingerprint density at radius 3 is 2.78 bits per heavy atom. The van der Waals surface area contributed by atoms with Crippen LogP contribution in [-0.4, -0.2) is 84.2 Å². The molecule has 1 aromatic heterocycles. The Balaban J connectivity index is 1.18. The fourth-order valence-corrected chi connectivity index (χ4v) is 4.15. The van der Waals surface area contributed by atoms with Crippen LogP contribution in [0.3, 0.4) is 0 Å². The number of hydrogen-bond donors (Lipinski definition) is 1. The molecule has 0 bridgehead atoms. The molecule has 2 aliphatic rings. The lowest BCUT2D eigenvalue weighted by Gasteiger charge is -2.33. The van der Waals surface area contributed by atoms with Gasteiger partial charge in [0.05, 0.1) is 19.1 Å². The maximum atomic E-state index is 12.7. The molecular weight excluding hydrogens is 410 g/mol. The summed E-state index contributed by atoms with van der Waals surface area (Å²) in [6, 6.07) is 9.63. The molecule has 2 aromatic rings. The third-order valence-corrected chi connectivity index (χ3v) is 6.02. The zero-order valence-electron chi connectivity index (χ0n) is 18.4. The number of rotatable bonds is 9. The number of benzene rings is 1. The normalized spacial score (nSPS) is 19.8. The van der Waals surface area contributed by atoms with Crippen molar-refractivity contribution in [3.63, 3.8) is 0 Å². The average molecular weight is 442 g/mol. The molecule has 2 saturated heterocycles. The zero-order chi connectivity index (χ0) is 22.2. The maximum Gasteiger partial charge on any atom is 0.228 e. The van der Waals surface area contributed by atoms with Gasteiger partial charge in [0.15, 0.2) is 0 Å². The summed E-state index contributed by atoms with van der Waals surface area (Å²) in [6.07, 6.45) is 2.42. The molecule has 4 rings (SSSR count). The van der Waals surface area contributed by atoms with E-state index in [1.54, 1.807) is 0 Å². The highest BCUT2D eigenvalue weighted by Crippen LogP contribution is 2.19. The van der Waals surface area contributed by atoms with Gasteiger partial charge in [0.2, 0.25) is 23.5 Å². The Morgan fingerprint density at radius 2 is 1.97 bits per heavy atom. The van der Waals surface area contributed by atoms with E-state index in [1.165, 1.54) is 0 Å². The summed E-state index contributed by atoms with van der Waals surface area (Å²) in [5.74, 6) is 1.01. The van der Waals surface area contributed by atoms with Gasteiger partial charge in [0, 0.05) is 57.7 Å². The molecule has 9 nitrogen and oxygen atoms in total. The molecule has 0 saturated carbocycles. The first-order valence-corrected chi connectivity index (χ1v) is 11.4. The van der Waals surface area contributed by atoms with Gasteiger partial charge in [-0.05, 0) is 12.8 Å². The van der Waals surface area contributed by atoms with E-state index in [-0.39, 0.29) is 17.7 Å². The monoisotopic (exact) mass is 441 g/mol. The fourth-order valence-electron chi connectivity index (χ4n) is 4.15. The van der Waals surface area contributed by atoms with Crippen molar-refractivity contribution < 1.29 is 18.8 Å². The molecule has 1 aromatic carbocycles. The molecule has 2 amide bonds. The smallest absolute Gasteiger partial charge is 0.228 e. The van der Waals surface area contributed by atoms with E-state index in [9.17, 15) is 9.59 Å². The Hall–Kier alpha value is -2.78. The van der Waals surface area contributed by atoms with Gasteiger partial charge in [0.1, 0.15) is 0 Å². The highest BCUT2D eigenvalue weighted by molar-refractivity contribution is 5.83. The number of piperidine rings is 1. The van der Waals surface area contributed by atoms with Crippen molar-refractivity contribution in [1.29, 1.82) is 0 Å². The van der Waals surface area contributed by atoms with Crippen LogP contribution in [0.25, 0.3) is 11.4 Å².